The van der Waals surface area contributed by atoms with E-state index in [1.807, 2.05) is 0 Å². The van der Waals surface area contributed by atoms with E-state index in [1.54, 1.807) is 37.3 Å². The number of alkyl halides is 3. The lowest BCUT2D eigenvalue weighted by Crippen LogP contribution is -2.44. The summed E-state index contributed by atoms with van der Waals surface area (Å²) in [6, 6.07) is 10.3. The van der Waals surface area contributed by atoms with Crippen molar-refractivity contribution in [2.45, 2.75) is 26.6 Å². The zero-order valence-electron chi connectivity index (χ0n) is 17.6. The molecule has 2 amide bonds. The summed E-state index contributed by atoms with van der Waals surface area (Å²) in [6.45, 7) is 1.88. The zero-order chi connectivity index (χ0) is 23.0. The summed E-state index contributed by atoms with van der Waals surface area (Å²) in [7, 11) is 1.07. The summed E-state index contributed by atoms with van der Waals surface area (Å²) in [6.07, 6.45) is -3.36. The Hall–Kier alpha value is -3.54. The second-order valence-corrected chi connectivity index (χ2v) is 7.16. The van der Waals surface area contributed by atoms with E-state index in [2.05, 4.69) is 15.4 Å². The van der Waals surface area contributed by atoms with Crippen molar-refractivity contribution < 1.29 is 27.5 Å². The number of nitrogens with one attached hydrogen (secondary N) is 1. The van der Waals surface area contributed by atoms with Crippen LogP contribution in [0.15, 0.2) is 48.7 Å². The molecule has 2 aromatic heterocycles. The number of nitrogens with zero attached hydrogens (tertiary/aromatic N) is 4. The molecule has 182 valence electrons. The van der Waals surface area contributed by atoms with Crippen LogP contribution in [0.4, 0.5) is 24.7 Å². The van der Waals surface area contributed by atoms with Crippen LogP contribution in [0.25, 0.3) is 0 Å². The first-order valence-electron chi connectivity index (χ1n) is 9.58. The van der Waals surface area contributed by atoms with Gasteiger partial charge in [0, 0.05) is 12.2 Å². The van der Waals surface area contributed by atoms with Gasteiger partial charge in [0.25, 0.3) is 11.8 Å². The number of hydrogen-bond acceptors (Lipinski definition) is 5. The zero-order valence-corrected chi connectivity index (χ0v) is 18.6. The Bertz CT molecular complexity index is 1180. The van der Waals surface area contributed by atoms with Crippen LogP contribution in [-0.2, 0) is 6.18 Å². The molecule has 1 aliphatic rings. The first-order chi connectivity index (χ1) is 15.2. The number of fused-ring (bicyclic) bond motifs is 1. The molecule has 0 bridgehead atoms. The molecule has 0 aliphatic carbocycles. The maximum atomic E-state index is 13.3. The van der Waals surface area contributed by atoms with E-state index >= 15 is 0 Å². The SMILES string of the molecule is C.COc1nc(N2C[C@H](C)n3ncc(C(=O)Nc4ccccc4)c3C2=O)ccc1C(F)(F)F.S. The average molecular weight is 496 g/mol. The van der Waals surface area contributed by atoms with E-state index in [9.17, 15) is 22.8 Å². The fourth-order valence-corrected chi connectivity index (χ4v) is 3.50. The fraction of sp³-hybridized carbons (Fsp3) is 0.273. The average Bonchev–Trinajstić information content (AvgIpc) is 3.22. The number of halogens is 3. The Kier molecular flexibility index (Phi) is 7.98. The topological polar surface area (TPSA) is 89.3 Å². The summed E-state index contributed by atoms with van der Waals surface area (Å²) in [5.41, 5.74) is -0.430. The van der Waals surface area contributed by atoms with Gasteiger partial charge in [0.1, 0.15) is 17.1 Å². The van der Waals surface area contributed by atoms with Crippen LogP contribution < -0.4 is 15.0 Å². The molecule has 1 N–H and O–H groups in total. The van der Waals surface area contributed by atoms with Crippen LogP contribution in [0.1, 0.15) is 46.8 Å². The maximum Gasteiger partial charge on any atom is 0.421 e. The van der Waals surface area contributed by atoms with Crippen molar-refractivity contribution in [3.05, 3.63) is 65.5 Å². The van der Waals surface area contributed by atoms with E-state index in [0.717, 1.165) is 19.2 Å². The van der Waals surface area contributed by atoms with Crippen LogP contribution in [-0.4, -0.2) is 40.2 Å². The minimum Gasteiger partial charge on any atom is -0.481 e. The molecule has 1 aromatic carbocycles. The second-order valence-electron chi connectivity index (χ2n) is 7.16. The highest BCUT2D eigenvalue weighted by atomic mass is 32.1. The van der Waals surface area contributed by atoms with Gasteiger partial charge in [-0.05, 0) is 31.2 Å². The number of pyridine rings is 1. The molecule has 3 heterocycles. The second kappa shape index (κ2) is 10.2. The minimum atomic E-state index is -4.66. The largest absolute Gasteiger partial charge is 0.481 e. The maximum absolute atomic E-state index is 13.3. The van der Waals surface area contributed by atoms with Crippen LogP contribution in [0, 0.1) is 0 Å². The Morgan fingerprint density at radius 2 is 1.85 bits per heavy atom. The molecule has 1 aliphatic heterocycles. The summed E-state index contributed by atoms with van der Waals surface area (Å²) in [4.78, 5) is 31.2. The van der Waals surface area contributed by atoms with Crippen molar-refractivity contribution in [1.82, 2.24) is 14.8 Å². The Balaban J connectivity index is 0.00000204. The highest BCUT2D eigenvalue weighted by Crippen LogP contribution is 2.37. The number of para-hydroxylation sites is 1. The number of hydrogen-bond donors (Lipinski definition) is 1. The lowest BCUT2D eigenvalue weighted by atomic mass is 10.1. The molecule has 0 spiro atoms. The molecule has 34 heavy (non-hydrogen) atoms. The minimum absolute atomic E-state index is 0. The van der Waals surface area contributed by atoms with Crippen LogP contribution in [0.3, 0.4) is 0 Å². The molecule has 12 heteroatoms. The van der Waals surface area contributed by atoms with Gasteiger partial charge in [0.2, 0.25) is 5.88 Å². The molecule has 0 saturated heterocycles. The number of methoxy groups -OCH3 is 1. The van der Waals surface area contributed by atoms with Crippen LogP contribution in [0.2, 0.25) is 0 Å². The molecule has 4 rings (SSSR count). The first-order valence-corrected chi connectivity index (χ1v) is 9.58. The highest BCUT2D eigenvalue weighted by Gasteiger charge is 2.38. The third kappa shape index (κ3) is 4.86. The summed E-state index contributed by atoms with van der Waals surface area (Å²) < 4.78 is 45.7. The Labute approximate surface area is 201 Å². The highest BCUT2D eigenvalue weighted by molar-refractivity contribution is 7.59. The van der Waals surface area contributed by atoms with E-state index in [4.69, 9.17) is 4.74 Å². The van der Waals surface area contributed by atoms with Crippen molar-refractivity contribution in [2.24, 2.45) is 0 Å². The molecule has 0 fully saturated rings. The quantitative estimate of drug-likeness (QED) is 0.575. The number of benzene rings is 1. The predicted octanol–water partition coefficient (Wildman–Crippen LogP) is 4.53. The van der Waals surface area contributed by atoms with Gasteiger partial charge < -0.3 is 10.1 Å². The number of carbonyl (C=O) groups excluding carboxylic acids is 2. The molecule has 1 atom stereocenters. The Morgan fingerprint density at radius 3 is 2.47 bits per heavy atom. The van der Waals surface area contributed by atoms with Gasteiger partial charge in [-0.2, -0.15) is 36.7 Å². The van der Waals surface area contributed by atoms with Gasteiger partial charge in [0.15, 0.2) is 0 Å². The van der Waals surface area contributed by atoms with Crippen molar-refractivity contribution in [2.75, 3.05) is 23.9 Å². The normalized spacial score (nSPS) is 15.0. The number of carbonyl (C=O) groups is 2. The smallest absolute Gasteiger partial charge is 0.421 e. The van der Waals surface area contributed by atoms with Crippen molar-refractivity contribution >= 4 is 36.8 Å². The first kappa shape index (κ1) is 26.7. The van der Waals surface area contributed by atoms with Crippen LogP contribution in [0.5, 0.6) is 5.88 Å². The predicted molar refractivity (Wildman–Crippen MR) is 126 cm³/mol. The van der Waals surface area contributed by atoms with Gasteiger partial charge >= 0.3 is 6.18 Å². The van der Waals surface area contributed by atoms with Gasteiger partial charge in [-0.25, -0.2) is 0 Å². The van der Waals surface area contributed by atoms with E-state index in [1.165, 1.54) is 15.8 Å². The molecule has 0 saturated carbocycles. The monoisotopic (exact) mass is 495 g/mol. The van der Waals surface area contributed by atoms with Crippen molar-refractivity contribution in [1.29, 1.82) is 0 Å². The fourth-order valence-electron chi connectivity index (χ4n) is 3.50. The van der Waals surface area contributed by atoms with E-state index < -0.39 is 29.4 Å². The third-order valence-corrected chi connectivity index (χ3v) is 5.00. The number of ether oxygens (including phenoxy) is 1. The third-order valence-electron chi connectivity index (χ3n) is 5.00. The number of rotatable bonds is 4. The van der Waals surface area contributed by atoms with Gasteiger partial charge in [0.05, 0.1) is 24.9 Å². The number of aromatic nitrogens is 3. The molecular formula is C22H24F3N5O3S. The van der Waals surface area contributed by atoms with Crippen molar-refractivity contribution in [3.8, 4) is 5.88 Å². The lowest BCUT2D eigenvalue weighted by molar-refractivity contribution is -0.139. The number of anilines is 2. The molecule has 3 aromatic rings. The molecule has 8 nitrogen and oxygen atoms in total. The molecule has 0 radical (unpaired) electrons. The van der Waals surface area contributed by atoms with Crippen molar-refractivity contribution in [3.63, 3.8) is 0 Å². The summed E-state index contributed by atoms with van der Waals surface area (Å²) >= 11 is 0. The molecule has 0 unspecified atom stereocenters. The Morgan fingerprint density at radius 1 is 1.18 bits per heavy atom. The standard InChI is InChI=1S/C21H18F3N5O3.CH4.H2S/c1-12-11-28(16-9-8-15(21(22,23)24)19(27-16)32-2)20(31)17-14(10-25-29(12)17)18(30)26-13-6-4-3-5-7-13;;/h3-10,12H,11H2,1-2H3,(H,26,30);1H4;1H2/t12-;;/m0../s1. The van der Waals surface area contributed by atoms with E-state index in [-0.39, 0.29) is 50.6 Å². The van der Waals surface area contributed by atoms with Gasteiger partial charge in [-0.15, -0.1) is 0 Å². The summed E-state index contributed by atoms with van der Waals surface area (Å²) in [5.74, 6) is -1.80. The number of amides is 2. The van der Waals surface area contributed by atoms with Crippen LogP contribution >= 0.6 is 13.5 Å². The van der Waals surface area contributed by atoms with Gasteiger partial charge in [-0.3, -0.25) is 19.2 Å². The van der Waals surface area contributed by atoms with Gasteiger partial charge in [-0.1, -0.05) is 25.6 Å². The lowest BCUT2D eigenvalue weighted by Gasteiger charge is -2.31. The molecular weight excluding hydrogens is 471 g/mol. The van der Waals surface area contributed by atoms with E-state index in [0.29, 0.717) is 5.69 Å². The summed E-state index contributed by atoms with van der Waals surface area (Å²) in [5, 5.41) is 6.88.